The Bertz CT molecular complexity index is 3390. The molecule has 1 aliphatic rings. The number of anilines is 6. The van der Waals surface area contributed by atoms with Crippen LogP contribution in [-0.4, -0.2) is 0 Å². The van der Waals surface area contributed by atoms with E-state index in [1.807, 2.05) is 0 Å². The van der Waals surface area contributed by atoms with Crippen LogP contribution in [-0.2, 0) is 0 Å². The number of rotatable bonds is 9. The lowest BCUT2D eigenvalue weighted by molar-refractivity contribution is 0.487. The van der Waals surface area contributed by atoms with Gasteiger partial charge >= 0.3 is 0 Å². The molecule has 3 nitrogen and oxygen atoms in total. The monoisotopic (exact) mass is 830 g/mol. The second kappa shape index (κ2) is 16.2. The lowest BCUT2D eigenvalue weighted by atomic mass is 9.91. The molecule has 0 atom stereocenters. The Hall–Kier alpha value is -8.66. The van der Waals surface area contributed by atoms with Gasteiger partial charge in [0.15, 0.2) is 0 Å². The molecule has 0 aromatic heterocycles. The molecule has 3 heteroatoms. The molecule has 0 radical (unpaired) electrons. The van der Waals surface area contributed by atoms with Crippen LogP contribution in [0.2, 0.25) is 0 Å². The summed E-state index contributed by atoms with van der Waals surface area (Å²) in [4.78, 5) is 4.76. The van der Waals surface area contributed by atoms with Crippen molar-refractivity contribution in [2.24, 2.45) is 0 Å². The lowest BCUT2D eigenvalue weighted by Gasteiger charge is -2.32. The highest BCUT2D eigenvalue weighted by Gasteiger charge is 2.28. The summed E-state index contributed by atoms with van der Waals surface area (Å²) in [5.74, 6) is 1.66. The lowest BCUT2D eigenvalue weighted by Crippen LogP contribution is -2.13. The average molecular weight is 831 g/mol. The summed E-state index contributed by atoms with van der Waals surface area (Å²) in [7, 11) is 0. The first-order valence-electron chi connectivity index (χ1n) is 22.2. The van der Waals surface area contributed by atoms with Crippen molar-refractivity contribution in [2.45, 2.75) is 0 Å². The largest absolute Gasteiger partial charge is 0.456 e. The fourth-order valence-corrected chi connectivity index (χ4v) is 9.50. The SMILES string of the molecule is c1ccc(-c2ccc(N(c3ccc(-c4ccccc4)cc3)c3cccc4c3-c3cccc5c(N(c6ccc(-c7ccccc7)cc6)c6ccc7ccccc7c6)ccc(c35)O4)cc2)cc1. The van der Waals surface area contributed by atoms with E-state index in [1.54, 1.807) is 0 Å². The summed E-state index contributed by atoms with van der Waals surface area (Å²) in [6, 6.07) is 91.2. The van der Waals surface area contributed by atoms with Crippen LogP contribution in [0.25, 0.3) is 66.1 Å². The normalized spacial score (nSPS) is 11.5. The van der Waals surface area contributed by atoms with E-state index in [9.17, 15) is 0 Å². The van der Waals surface area contributed by atoms with Gasteiger partial charge in [0.25, 0.3) is 0 Å². The smallest absolute Gasteiger partial charge is 0.137 e. The molecule has 0 N–H and O–H groups in total. The fourth-order valence-electron chi connectivity index (χ4n) is 9.50. The third kappa shape index (κ3) is 6.97. The van der Waals surface area contributed by atoms with E-state index < -0.39 is 0 Å². The van der Waals surface area contributed by atoms with Gasteiger partial charge in [0, 0.05) is 39.1 Å². The first-order chi connectivity index (χ1) is 32.2. The molecule has 0 fully saturated rings. The van der Waals surface area contributed by atoms with Gasteiger partial charge in [0.1, 0.15) is 11.5 Å². The molecule has 306 valence electrons. The van der Waals surface area contributed by atoms with Crippen LogP contribution in [0.3, 0.4) is 0 Å². The third-order valence-corrected chi connectivity index (χ3v) is 12.6. The summed E-state index contributed by atoms with van der Waals surface area (Å²) in [5.41, 5.74) is 15.6. The van der Waals surface area contributed by atoms with Gasteiger partial charge < -0.3 is 14.5 Å². The zero-order chi connectivity index (χ0) is 43.1. The molecular formula is C62H42N2O. The number of benzene rings is 11. The predicted octanol–water partition coefficient (Wildman–Crippen LogP) is 17.7. The molecule has 0 aliphatic carbocycles. The van der Waals surface area contributed by atoms with Crippen molar-refractivity contribution < 1.29 is 4.74 Å². The minimum atomic E-state index is 0.824. The van der Waals surface area contributed by atoms with Crippen LogP contribution in [0.1, 0.15) is 0 Å². The minimum Gasteiger partial charge on any atom is -0.456 e. The highest BCUT2D eigenvalue weighted by Crippen LogP contribution is 2.55. The number of nitrogens with zero attached hydrogens (tertiary/aromatic N) is 2. The van der Waals surface area contributed by atoms with E-state index in [-0.39, 0.29) is 0 Å². The standard InChI is InChI=1S/C62H42N2O/c1-4-14-43(15-5-1)47-26-33-51(34-27-47)63(52-35-28-48(29-36-52)44-16-6-2-7-17-44)58-24-13-25-59-62(58)56-23-12-22-55-57(40-41-60(65-59)61(55)56)64(54-39-32-46-20-10-11-21-50(46)42-54)53-37-30-49(31-38-53)45-18-8-3-9-19-45/h1-42H. The van der Waals surface area contributed by atoms with Crippen molar-refractivity contribution in [1.29, 1.82) is 0 Å². The van der Waals surface area contributed by atoms with Crippen LogP contribution in [0.15, 0.2) is 255 Å². The van der Waals surface area contributed by atoms with Crippen molar-refractivity contribution in [3.63, 3.8) is 0 Å². The highest BCUT2D eigenvalue weighted by molar-refractivity contribution is 6.13. The number of hydrogen-bond donors (Lipinski definition) is 0. The van der Waals surface area contributed by atoms with Gasteiger partial charge in [-0.1, -0.05) is 182 Å². The van der Waals surface area contributed by atoms with Gasteiger partial charge in [-0.15, -0.1) is 0 Å². The summed E-state index contributed by atoms with van der Waals surface area (Å²) in [6.45, 7) is 0. The molecule has 65 heavy (non-hydrogen) atoms. The number of fused-ring (bicyclic) bond motifs is 3. The molecule has 1 aliphatic heterocycles. The van der Waals surface area contributed by atoms with Crippen LogP contribution in [0.5, 0.6) is 11.5 Å². The van der Waals surface area contributed by atoms with Crippen molar-refractivity contribution in [3.05, 3.63) is 255 Å². The Balaban J connectivity index is 1.03. The van der Waals surface area contributed by atoms with Gasteiger partial charge in [-0.3, -0.25) is 0 Å². The molecule has 12 rings (SSSR count). The molecule has 0 spiro atoms. The molecule has 0 saturated carbocycles. The van der Waals surface area contributed by atoms with Crippen LogP contribution < -0.4 is 14.5 Å². The summed E-state index contributed by atoms with van der Waals surface area (Å²) in [5, 5.41) is 4.58. The molecule has 11 aromatic carbocycles. The zero-order valence-corrected chi connectivity index (χ0v) is 35.6. The Morgan fingerprint density at radius 1 is 0.277 bits per heavy atom. The third-order valence-electron chi connectivity index (χ3n) is 12.6. The first kappa shape index (κ1) is 38.0. The second-order valence-corrected chi connectivity index (χ2v) is 16.5. The maximum absolute atomic E-state index is 6.99. The average Bonchev–Trinajstić information content (AvgIpc) is 3.38. The highest BCUT2D eigenvalue weighted by atomic mass is 16.5. The van der Waals surface area contributed by atoms with Crippen molar-refractivity contribution in [2.75, 3.05) is 9.80 Å². The number of hydrogen-bond acceptors (Lipinski definition) is 3. The Labute approximate surface area is 379 Å². The molecule has 0 amide bonds. The fraction of sp³-hybridized carbons (Fsp3) is 0. The van der Waals surface area contributed by atoms with Gasteiger partial charge in [0.05, 0.1) is 11.4 Å². The van der Waals surface area contributed by atoms with Gasteiger partial charge in [0.2, 0.25) is 0 Å². The van der Waals surface area contributed by atoms with Crippen molar-refractivity contribution >= 4 is 55.7 Å². The van der Waals surface area contributed by atoms with E-state index in [0.717, 1.165) is 67.5 Å². The maximum Gasteiger partial charge on any atom is 0.137 e. The van der Waals surface area contributed by atoms with Crippen LogP contribution in [0, 0.1) is 0 Å². The summed E-state index contributed by atoms with van der Waals surface area (Å²) < 4.78 is 6.99. The Morgan fingerprint density at radius 3 is 1.29 bits per heavy atom. The molecule has 0 saturated heterocycles. The van der Waals surface area contributed by atoms with Crippen LogP contribution in [0.4, 0.5) is 34.1 Å². The van der Waals surface area contributed by atoms with E-state index >= 15 is 0 Å². The van der Waals surface area contributed by atoms with E-state index in [4.69, 9.17) is 4.74 Å². The Kier molecular flexibility index (Phi) is 9.50. The van der Waals surface area contributed by atoms with Gasteiger partial charge in [-0.25, -0.2) is 0 Å². The second-order valence-electron chi connectivity index (χ2n) is 16.5. The van der Waals surface area contributed by atoms with Crippen molar-refractivity contribution in [3.8, 4) is 56.0 Å². The van der Waals surface area contributed by atoms with Crippen LogP contribution >= 0.6 is 0 Å². The predicted molar refractivity (Wildman–Crippen MR) is 273 cm³/mol. The minimum absolute atomic E-state index is 0.824. The van der Waals surface area contributed by atoms with E-state index in [1.165, 1.54) is 44.2 Å². The summed E-state index contributed by atoms with van der Waals surface area (Å²) in [6.07, 6.45) is 0. The molecular weight excluding hydrogens is 789 g/mol. The van der Waals surface area contributed by atoms with E-state index in [2.05, 4.69) is 265 Å². The molecule has 11 aromatic rings. The molecule has 0 bridgehead atoms. The van der Waals surface area contributed by atoms with Gasteiger partial charge in [-0.2, -0.15) is 0 Å². The zero-order valence-electron chi connectivity index (χ0n) is 35.6. The van der Waals surface area contributed by atoms with Gasteiger partial charge in [-0.05, 0) is 123 Å². The topological polar surface area (TPSA) is 15.7 Å². The van der Waals surface area contributed by atoms with E-state index in [0.29, 0.717) is 0 Å². The summed E-state index contributed by atoms with van der Waals surface area (Å²) >= 11 is 0. The Morgan fingerprint density at radius 2 is 0.738 bits per heavy atom. The molecule has 0 unspecified atom stereocenters. The van der Waals surface area contributed by atoms with Crippen molar-refractivity contribution in [1.82, 2.24) is 0 Å². The first-order valence-corrected chi connectivity index (χ1v) is 22.2. The quantitative estimate of drug-likeness (QED) is 0.144. The molecule has 1 heterocycles. The maximum atomic E-state index is 6.99. The number of ether oxygens (including phenoxy) is 1.